The maximum Gasteiger partial charge on any atom is 0.220 e. The number of benzene rings is 1. The number of hydrogen-bond acceptors (Lipinski definition) is 5. The first-order valence-electron chi connectivity index (χ1n) is 11.0. The smallest absolute Gasteiger partial charge is 0.220 e. The SMILES string of the molecule is CN=C(NCC1C2CCc3ccccc3C21)N1CCN(S(=O)(=O)Cc2ccon2)CC1.I. The summed E-state index contributed by atoms with van der Waals surface area (Å²) in [6, 6.07) is 10.4. The molecule has 0 bridgehead atoms. The van der Waals surface area contributed by atoms with Crippen molar-refractivity contribution >= 4 is 40.0 Å². The largest absolute Gasteiger partial charge is 0.364 e. The van der Waals surface area contributed by atoms with E-state index in [0.717, 1.165) is 18.4 Å². The van der Waals surface area contributed by atoms with Gasteiger partial charge >= 0.3 is 0 Å². The number of nitrogens with one attached hydrogen (secondary N) is 1. The van der Waals surface area contributed by atoms with Gasteiger partial charge in [0.15, 0.2) is 5.96 Å². The molecule has 3 atom stereocenters. The topological polar surface area (TPSA) is 91.0 Å². The van der Waals surface area contributed by atoms with Crippen LogP contribution in [0.5, 0.6) is 0 Å². The predicted molar refractivity (Wildman–Crippen MR) is 134 cm³/mol. The number of hydrogen-bond donors (Lipinski definition) is 1. The van der Waals surface area contributed by atoms with Crippen molar-refractivity contribution in [3.05, 3.63) is 53.4 Å². The van der Waals surface area contributed by atoms with Crippen LogP contribution in [0.2, 0.25) is 0 Å². The van der Waals surface area contributed by atoms with Gasteiger partial charge in [0.25, 0.3) is 0 Å². The van der Waals surface area contributed by atoms with Crippen LogP contribution in [0, 0.1) is 11.8 Å². The van der Waals surface area contributed by atoms with Gasteiger partial charge in [0.05, 0.1) is 5.69 Å². The van der Waals surface area contributed by atoms with Crippen LogP contribution in [0.1, 0.15) is 29.2 Å². The van der Waals surface area contributed by atoms with Gasteiger partial charge in [-0.25, -0.2) is 8.42 Å². The van der Waals surface area contributed by atoms with Gasteiger partial charge in [0.2, 0.25) is 10.0 Å². The average Bonchev–Trinajstić information content (AvgIpc) is 3.27. The number of fused-ring (bicyclic) bond motifs is 3. The standard InChI is InChI=1S/C22H29N5O3S.HI/c1-23-22(24-14-20-19-7-6-16-4-2-3-5-18(16)21(19)20)26-9-11-27(12-10-26)31(28,29)15-17-8-13-30-25-17;/h2-5,8,13,19-21H,6-7,9-12,14-15H2,1H3,(H,23,24);1H. The molecule has 1 saturated heterocycles. The number of guanidine groups is 1. The highest BCUT2D eigenvalue weighted by atomic mass is 127. The van der Waals surface area contributed by atoms with Gasteiger partial charge in [-0.15, -0.1) is 24.0 Å². The molecule has 3 aliphatic rings. The van der Waals surface area contributed by atoms with E-state index in [1.165, 1.54) is 34.5 Å². The Kier molecular flexibility index (Phi) is 7.11. The molecule has 0 radical (unpaired) electrons. The van der Waals surface area contributed by atoms with E-state index in [-0.39, 0.29) is 29.7 Å². The highest BCUT2D eigenvalue weighted by Crippen LogP contribution is 2.59. The molecule has 174 valence electrons. The highest BCUT2D eigenvalue weighted by molar-refractivity contribution is 14.0. The second kappa shape index (κ2) is 9.68. The molecule has 1 aromatic heterocycles. The van der Waals surface area contributed by atoms with Gasteiger partial charge in [0.1, 0.15) is 12.0 Å². The Labute approximate surface area is 206 Å². The third kappa shape index (κ3) is 4.67. The third-order valence-electron chi connectivity index (χ3n) is 6.95. The van der Waals surface area contributed by atoms with Crippen molar-refractivity contribution in [2.45, 2.75) is 24.5 Å². The van der Waals surface area contributed by atoms with Crippen molar-refractivity contribution in [3.8, 4) is 0 Å². The lowest BCUT2D eigenvalue weighted by molar-refractivity contribution is 0.259. The number of piperazine rings is 1. The molecular weight excluding hydrogens is 541 g/mol. The quantitative estimate of drug-likeness (QED) is 0.337. The summed E-state index contributed by atoms with van der Waals surface area (Å²) in [6.45, 7) is 3.06. The number of rotatable bonds is 5. The van der Waals surface area contributed by atoms with Crippen molar-refractivity contribution in [1.29, 1.82) is 0 Å². The molecule has 1 saturated carbocycles. The first-order valence-corrected chi connectivity index (χ1v) is 12.6. The summed E-state index contributed by atoms with van der Waals surface area (Å²) >= 11 is 0. The zero-order chi connectivity index (χ0) is 21.4. The van der Waals surface area contributed by atoms with Crippen LogP contribution >= 0.6 is 24.0 Å². The molecule has 0 amide bonds. The minimum atomic E-state index is -3.40. The van der Waals surface area contributed by atoms with Crippen molar-refractivity contribution < 1.29 is 12.9 Å². The Hall–Kier alpha value is -1.66. The van der Waals surface area contributed by atoms with Crippen LogP contribution in [0.15, 0.2) is 46.1 Å². The summed E-state index contributed by atoms with van der Waals surface area (Å²) in [5.41, 5.74) is 3.48. The predicted octanol–water partition coefficient (Wildman–Crippen LogP) is 2.29. The van der Waals surface area contributed by atoms with E-state index in [0.29, 0.717) is 43.7 Å². The molecular formula is C22H30IN5O3S. The zero-order valence-electron chi connectivity index (χ0n) is 18.2. The number of aryl methyl sites for hydroxylation is 1. The van der Waals surface area contributed by atoms with Crippen molar-refractivity contribution in [2.24, 2.45) is 16.8 Å². The first-order chi connectivity index (χ1) is 15.1. The Morgan fingerprint density at radius 2 is 2.00 bits per heavy atom. The van der Waals surface area contributed by atoms with Gasteiger partial charge in [0, 0.05) is 45.8 Å². The Bertz CT molecular complexity index is 1050. The van der Waals surface area contributed by atoms with E-state index >= 15 is 0 Å². The zero-order valence-corrected chi connectivity index (χ0v) is 21.3. The lowest BCUT2D eigenvalue weighted by atomic mass is 9.92. The van der Waals surface area contributed by atoms with Gasteiger partial charge in [-0.3, -0.25) is 4.99 Å². The Balaban J connectivity index is 0.00000245. The van der Waals surface area contributed by atoms with Crippen molar-refractivity contribution in [1.82, 2.24) is 19.7 Å². The molecule has 2 aliphatic carbocycles. The summed E-state index contributed by atoms with van der Waals surface area (Å²) in [7, 11) is -1.60. The molecule has 3 unspecified atom stereocenters. The van der Waals surface area contributed by atoms with Crippen LogP contribution in [0.25, 0.3) is 0 Å². The molecule has 2 heterocycles. The second-order valence-electron chi connectivity index (χ2n) is 8.65. The second-order valence-corrected chi connectivity index (χ2v) is 10.6. The molecule has 1 N–H and O–H groups in total. The van der Waals surface area contributed by atoms with E-state index in [1.807, 2.05) is 0 Å². The number of nitrogens with zero attached hydrogens (tertiary/aromatic N) is 4. The number of halogens is 1. The number of aliphatic imine (C=N–C) groups is 1. The lowest BCUT2D eigenvalue weighted by Crippen LogP contribution is -2.54. The summed E-state index contributed by atoms with van der Waals surface area (Å²) in [6.07, 6.45) is 3.86. The molecule has 2 fully saturated rings. The van der Waals surface area contributed by atoms with Crippen LogP contribution in [-0.4, -0.2) is 68.5 Å². The molecule has 5 rings (SSSR count). The van der Waals surface area contributed by atoms with Crippen LogP contribution < -0.4 is 5.32 Å². The Morgan fingerprint density at radius 1 is 1.22 bits per heavy atom. The van der Waals surface area contributed by atoms with E-state index < -0.39 is 10.0 Å². The fourth-order valence-corrected chi connectivity index (χ4v) is 6.72. The molecule has 10 heteroatoms. The van der Waals surface area contributed by atoms with Crippen molar-refractivity contribution in [3.63, 3.8) is 0 Å². The van der Waals surface area contributed by atoms with Crippen LogP contribution in [0.4, 0.5) is 0 Å². The van der Waals surface area contributed by atoms with Gasteiger partial charge < -0.3 is 14.7 Å². The minimum Gasteiger partial charge on any atom is -0.364 e. The average molecular weight is 571 g/mol. The summed E-state index contributed by atoms with van der Waals surface area (Å²) in [5, 5.41) is 7.29. The third-order valence-corrected chi connectivity index (χ3v) is 8.77. The van der Waals surface area contributed by atoms with E-state index in [2.05, 4.69) is 44.6 Å². The maximum absolute atomic E-state index is 12.6. The number of sulfonamides is 1. The van der Waals surface area contributed by atoms with Gasteiger partial charge in [-0.2, -0.15) is 4.31 Å². The first kappa shape index (κ1) is 23.5. The highest BCUT2D eigenvalue weighted by Gasteiger charge is 2.52. The fraction of sp³-hybridized carbons (Fsp3) is 0.545. The molecule has 2 aromatic rings. The maximum atomic E-state index is 12.6. The summed E-state index contributed by atoms with van der Waals surface area (Å²) in [4.78, 5) is 6.62. The minimum absolute atomic E-state index is 0. The summed E-state index contributed by atoms with van der Waals surface area (Å²) < 4.78 is 31.6. The van der Waals surface area contributed by atoms with Crippen molar-refractivity contribution in [2.75, 3.05) is 39.8 Å². The van der Waals surface area contributed by atoms with E-state index in [4.69, 9.17) is 4.52 Å². The van der Waals surface area contributed by atoms with Crippen LogP contribution in [-0.2, 0) is 22.2 Å². The summed E-state index contributed by atoms with van der Waals surface area (Å²) in [5.74, 6) is 2.85. The molecule has 32 heavy (non-hydrogen) atoms. The molecule has 1 aliphatic heterocycles. The Morgan fingerprint density at radius 3 is 2.72 bits per heavy atom. The lowest BCUT2D eigenvalue weighted by Gasteiger charge is -2.35. The monoisotopic (exact) mass is 571 g/mol. The molecule has 1 aromatic carbocycles. The number of aromatic nitrogens is 1. The van der Waals surface area contributed by atoms with E-state index in [9.17, 15) is 8.42 Å². The van der Waals surface area contributed by atoms with Crippen LogP contribution in [0.3, 0.4) is 0 Å². The van der Waals surface area contributed by atoms with Gasteiger partial charge in [-0.05, 0) is 41.7 Å². The normalized spacial score (nSPS) is 25.5. The molecule has 0 spiro atoms. The fourth-order valence-electron chi connectivity index (χ4n) is 5.30. The van der Waals surface area contributed by atoms with E-state index in [1.54, 1.807) is 13.1 Å². The molecule has 8 nitrogen and oxygen atoms in total. The van der Waals surface area contributed by atoms with Gasteiger partial charge in [-0.1, -0.05) is 29.4 Å².